The second-order valence-corrected chi connectivity index (χ2v) is 5.48. The van der Waals surface area contributed by atoms with Crippen molar-refractivity contribution >= 4 is 5.82 Å². The molecule has 1 saturated heterocycles. The minimum absolute atomic E-state index is 0.899. The summed E-state index contributed by atoms with van der Waals surface area (Å²) < 4.78 is 0. The van der Waals surface area contributed by atoms with Crippen LogP contribution in [0.4, 0.5) is 5.82 Å². The highest BCUT2D eigenvalue weighted by molar-refractivity contribution is 5.41. The van der Waals surface area contributed by atoms with Crippen LogP contribution in [-0.4, -0.2) is 50.2 Å². The molecule has 0 aliphatic carbocycles. The van der Waals surface area contributed by atoms with Crippen LogP contribution in [0.5, 0.6) is 0 Å². The molecule has 0 spiro atoms. The summed E-state index contributed by atoms with van der Waals surface area (Å²) in [5.41, 5.74) is 2.40. The van der Waals surface area contributed by atoms with Gasteiger partial charge in [-0.2, -0.15) is 0 Å². The van der Waals surface area contributed by atoms with E-state index >= 15 is 0 Å². The van der Waals surface area contributed by atoms with Crippen molar-refractivity contribution in [2.45, 2.75) is 26.3 Å². The van der Waals surface area contributed by atoms with Gasteiger partial charge in [0.1, 0.15) is 5.82 Å². The topological polar surface area (TPSA) is 31.4 Å². The smallest absolute Gasteiger partial charge is 0.128 e. The quantitative estimate of drug-likeness (QED) is 0.844. The number of aromatic nitrogens is 1. The molecule has 4 nitrogen and oxygen atoms in total. The second kappa shape index (κ2) is 6.87. The maximum Gasteiger partial charge on any atom is 0.128 e. The van der Waals surface area contributed by atoms with Gasteiger partial charge in [0.05, 0.1) is 0 Å². The Morgan fingerprint density at radius 1 is 1.32 bits per heavy atom. The summed E-state index contributed by atoms with van der Waals surface area (Å²) in [5, 5.41) is 3.20. The molecule has 2 rings (SSSR count). The van der Waals surface area contributed by atoms with Gasteiger partial charge in [-0.1, -0.05) is 0 Å². The average molecular weight is 262 g/mol. The average Bonchev–Trinajstić information content (AvgIpc) is 2.88. The number of aryl methyl sites for hydroxylation is 1. The zero-order chi connectivity index (χ0) is 13.7. The van der Waals surface area contributed by atoms with Gasteiger partial charge < -0.3 is 15.1 Å². The molecule has 1 fully saturated rings. The lowest BCUT2D eigenvalue weighted by Gasteiger charge is -2.23. The van der Waals surface area contributed by atoms with E-state index in [0.717, 1.165) is 31.1 Å². The molecule has 1 N–H and O–H groups in total. The molecule has 2 heterocycles. The van der Waals surface area contributed by atoms with Crippen LogP contribution >= 0.6 is 0 Å². The fraction of sp³-hybridized carbons (Fsp3) is 0.667. The highest BCUT2D eigenvalue weighted by Gasteiger charge is 2.12. The van der Waals surface area contributed by atoms with Crippen LogP contribution in [0, 0.1) is 6.92 Å². The third-order valence-electron chi connectivity index (χ3n) is 3.72. The predicted octanol–water partition coefficient (Wildman–Crippen LogP) is 1.64. The Labute approximate surface area is 116 Å². The maximum atomic E-state index is 4.64. The summed E-state index contributed by atoms with van der Waals surface area (Å²) in [4.78, 5) is 9.45. The third kappa shape index (κ3) is 4.18. The first-order valence-electron chi connectivity index (χ1n) is 7.24. The van der Waals surface area contributed by atoms with Crippen molar-refractivity contribution in [2.24, 2.45) is 0 Å². The maximum absolute atomic E-state index is 4.64. The lowest BCUT2D eigenvalue weighted by atomic mass is 10.2. The Balaban J connectivity index is 1.94. The van der Waals surface area contributed by atoms with E-state index in [-0.39, 0.29) is 0 Å². The summed E-state index contributed by atoms with van der Waals surface area (Å²) in [6, 6.07) is 4.34. The van der Waals surface area contributed by atoms with Crippen molar-refractivity contribution < 1.29 is 0 Å². The highest BCUT2D eigenvalue weighted by atomic mass is 15.2. The van der Waals surface area contributed by atoms with Gasteiger partial charge in [0, 0.05) is 32.4 Å². The zero-order valence-corrected chi connectivity index (χ0v) is 12.4. The lowest BCUT2D eigenvalue weighted by Crippen LogP contribution is -2.32. The standard InChI is InChI=1S/C15H26N4/c1-13-10-14(12-16-2)11-15(17-13)18(3)8-9-19-6-4-5-7-19/h10-11,16H,4-9,12H2,1-3H3. The lowest BCUT2D eigenvalue weighted by molar-refractivity contribution is 0.346. The van der Waals surface area contributed by atoms with E-state index < -0.39 is 0 Å². The Bertz CT molecular complexity index is 399. The van der Waals surface area contributed by atoms with Crippen LogP contribution in [0.1, 0.15) is 24.1 Å². The minimum Gasteiger partial charge on any atom is -0.358 e. The summed E-state index contributed by atoms with van der Waals surface area (Å²) >= 11 is 0. The van der Waals surface area contributed by atoms with Crippen molar-refractivity contribution in [3.05, 3.63) is 23.4 Å². The van der Waals surface area contributed by atoms with E-state index in [1.165, 1.54) is 31.5 Å². The van der Waals surface area contributed by atoms with Crippen LogP contribution < -0.4 is 10.2 Å². The number of rotatable bonds is 6. The molecule has 1 aliphatic heterocycles. The number of nitrogens with one attached hydrogen (secondary N) is 1. The van der Waals surface area contributed by atoms with Gasteiger partial charge in [0.15, 0.2) is 0 Å². The number of pyridine rings is 1. The van der Waals surface area contributed by atoms with E-state index in [4.69, 9.17) is 0 Å². The van der Waals surface area contributed by atoms with E-state index in [9.17, 15) is 0 Å². The summed E-state index contributed by atoms with van der Waals surface area (Å²) in [6.07, 6.45) is 2.72. The summed E-state index contributed by atoms with van der Waals surface area (Å²) in [6.45, 7) is 7.69. The van der Waals surface area contributed by atoms with Crippen LogP contribution in [0.15, 0.2) is 12.1 Å². The molecule has 106 valence electrons. The van der Waals surface area contributed by atoms with Crippen LogP contribution in [0.2, 0.25) is 0 Å². The molecule has 19 heavy (non-hydrogen) atoms. The predicted molar refractivity (Wildman–Crippen MR) is 80.7 cm³/mol. The molecule has 1 aromatic heterocycles. The van der Waals surface area contributed by atoms with Crippen molar-refractivity contribution in [3.63, 3.8) is 0 Å². The number of hydrogen-bond donors (Lipinski definition) is 1. The SMILES string of the molecule is CNCc1cc(C)nc(N(C)CCN2CCCC2)c1. The van der Waals surface area contributed by atoms with Gasteiger partial charge in [-0.15, -0.1) is 0 Å². The first-order valence-corrected chi connectivity index (χ1v) is 7.24. The van der Waals surface area contributed by atoms with Crippen LogP contribution in [0.3, 0.4) is 0 Å². The fourth-order valence-electron chi connectivity index (χ4n) is 2.63. The fourth-order valence-corrected chi connectivity index (χ4v) is 2.63. The molecular weight excluding hydrogens is 236 g/mol. The molecule has 0 amide bonds. The summed E-state index contributed by atoms with van der Waals surface area (Å²) in [7, 11) is 4.12. The number of likely N-dealkylation sites (tertiary alicyclic amines) is 1. The van der Waals surface area contributed by atoms with Crippen molar-refractivity contribution in [3.8, 4) is 0 Å². The molecule has 0 unspecified atom stereocenters. The molecule has 0 radical (unpaired) electrons. The first kappa shape index (κ1) is 14.3. The van der Waals surface area contributed by atoms with Gasteiger partial charge in [-0.3, -0.25) is 0 Å². The van der Waals surface area contributed by atoms with Crippen LogP contribution in [-0.2, 0) is 6.54 Å². The number of likely N-dealkylation sites (N-methyl/N-ethyl adjacent to an activating group) is 1. The second-order valence-electron chi connectivity index (χ2n) is 5.48. The van der Waals surface area contributed by atoms with Crippen molar-refractivity contribution in [1.29, 1.82) is 0 Å². The molecule has 0 bridgehead atoms. The van der Waals surface area contributed by atoms with Gasteiger partial charge in [0.2, 0.25) is 0 Å². The number of hydrogen-bond acceptors (Lipinski definition) is 4. The van der Waals surface area contributed by atoms with Crippen LogP contribution in [0.25, 0.3) is 0 Å². The molecule has 0 aromatic carbocycles. The molecule has 4 heteroatoms. The molecule has 1 aliphatic rings. The van der Waals surface area contributed by atoms with Crippen molar-refractivity contribution in [2.75, 3.05) is 45.2 Å². The Kier molecular flexibility index (Phi) is 5.16. The van der Waals surface area contributed by atoms with E-state index in [2.05, 4.69) is 46.2 Å². The highest BCUT2D eigenvalue weighted by Crippen LogP contribution is 2.14. The Morgan fingerprint density at radius 3 is 2.74 bits per heavy atom. The van der Waals surface area contributed by atoms with Gasteiger partial charge in [-0.05, 0) is 57.6 Å². The summed E-state index contributed by atoms with van der Waals surface area (Å²) in [5.74, 6) is 1.09. The Morgan fingerprint density at radius 2 is 2.05 bits per heavy atom. The number of anilines is 1. The van der Waals surface area contributed by atoms with E-state index in [0.29, 0.717) is 0 Å². The third-order valence-corrected chi connectivity index (χ3v) is 3.72. The largest absolute Gasteiger partial charge is 0.358 e. The van der Waals surface area contributed by atoms with E-state index in [1.807, 2.05) is 7.05 Å². The molecule has 0 atom stereocenters. The molecular formula is C15H26N4. The molecule has 0 saturated carbocycles. The normalized spacial score (nSPS) is 15.9. The monoisotopic (exact) mass is 262 g/mol. The van der Waals surface area contributed by atoms with E-state index in [1.54, 1.807) is 0 Å². The first-order chi connectivity index (χ1) is 9.19. The number of nitrogens with zero attached hydrogens (tertiary/aromatic N) is 3. The van der Waals surface area contributed by atoms with Crippen molar-refractivity contribution in [1.82, 2.24) is 15.2 Å². The van der Waals surface area contributed by atoms with Gasteiger partial charge >= 0.3 is 0 Å². The Hall–Kier alpha value is -1.13. The van der Waals surface area contributed by atoms with Gasteiger partial charge in [0.25, 0.3) is 0 Å². The van der Waals surface area contributed by atoms with Gasteiger partial charge in [-0.25, -0.2) is 4.98 Å². The minimum atomic E-state index is 0.899. The molecule has 1 aromatic rings. The zero-order valence-electron chi connectivity index (χ0n) is 12.4.